The Morgan fingerprint density at radius 1 is 1.21 bits per heavy atom. The Hall–Kier alpha value is -2.17. The highest BCUT2D eigenvalue weighted by atomic mass is 32.2. The van der Waals surface area contributed by atoms with Crippen LogP contribution in [0.25, 0.3) is 0 Å². The highest BCUT2D eigenvalue weighted by molar-refractivity contribution is 8.13. The molecule has 1 atom stereocenters. The van der Waals surface area contributed by atoms with Crippen LogP contribution in [0.1, 0.15) is 22.2 Å². The molecule has 28 heavy (non-hydrogen) atoms. The van der Waals surface area contributed by atoms with Crippen molar-refractivity contribution in [1.82, 2.24) is 9.91 Å². The third-order valence-electron chi connectivity index (χ3n) is 4.36. The fraction of sp³-hybridized carbons (Fsp3) is 0.333. The quantitative estimate of drug-likeness (QED) is 0.651. The third kappa shape index (κ3) is 4.13. The van der Waals surface area contributed by atoms with E-state index in [4.69, 9.17) is 4.74 Å². The molecule has 0 radical (unpaired) electrons. The second-order valence-corrected chi connectivity index (χ2v) is 9.17. The van der Waals surface area contributed by atoms with E-state index in [0.717, 1.165) is 15.5 Å². The summed E-state index contributed by atoms with van der Waals surface area (Å²) in [5.74, 6) is -0.291. The van der Waals surface area contributed by atoms with E-state index < -0.39 is 12.6 Å². The Labute approximate surface area is 174 Å². The predicted octanol–water partition coefficient (Wildman–Crippen LogP) is 3.20. The lowest BCUT2D eigenvalue weighted by Gasteiger charge is -2.20. The van der Waals surface area contributed by atoms with Gasteiger partial charge in [-0.15, -0.1) is 22.7 Å². The molecule has 10 heteroatoms. The molecule has 2 aliphatic heterocycles. The third-order valence-corrected chi connectivity index (χ3v) is 7.15. The predicted molar refractivity (Wildman–Crippen MR) is 110 cm³/mol. The Balaban J connectivity index is 1.41. The molecular weight excluding hydrogens is 418 g/mol. The van der Waals surface area contributed by atoms with Gasteiger partial charge >= 0.3 is 5.97 Å². The first-order valence-electron chi connectivity index (χ1n) is 8.66. The molecule has 2 aliphatic rings. The number of carbonyl (C=O) groups excluding carboxylic acids is 3. The van der Waals surface area contributed by atoms with Crippen molar-refractivity contribution in [3.63, 3.8) is 0 Å². The molecule has 0 bridgehead atoms. The van der Waals surface area contributed by atoms with Crippen LogP contribution >= 0.6 is 34.4 Å². The van der Waals surface area contributed by atoms with Crippen molar-refractivity contribution < 1.29 is 19.1 Å². The first-order valence-corrected chi connectivity index (χ1v) is 11.4. The van der Waals surface area contributed by atoms with Crippen molar-refractivity contribution >= 4 is 57.3 Å². The number of rotatable bonds is 6. The van der Waals surface area contributed by atoms with E-state index >= 15 is 0 Å². The molecular formula is C18H17N3O4S3. The van der Waals surface area contributed by atoms with Gasteiger partial charge < -0.3 is 9.64 Å². The van der Waals surface area contributed by atoms with E-state index in [0.29, 0.717) is 18.7 Å². The minimum atomic E-state index is -0.585. The molecule has 1 fully saturated rings. The minimum Gasteiger partial charge on any atom is -0.454 e. The highest BCUT2D eigenvalue weighted by Gasteiger charge is 2.34. The van der Waals surface area contributed by atoms with Crippen LogP contribution in [0.5, 0.6) is 0 Å². The molecule has 0 saturated carbocycles. The van der Waals surface area contributed by atoms with Gasteiger partial charge in [0.05, 0.1) is 16.6 Å². The number of amides is 2. The van der Waals surface area contributed by atoms with Crippen LogP contribution in [0.4, 0.5) is 4.79 Å². The topological polar surface area (TPSA) is 79.3 Å². The second kappa shape index (κ2) is 8.46. The average molecular weight is 436 g/mol. The molecule has 0 unspecified atom stereocenters. The monoisotopic (exact) mass is 435 g/mol. The van der Waals surface area contributed by atoms with E-state index in [1.807, 2.05) is 35.0 Å². The molecule has 4 rings (SSSR count). The molecule has 4 heterocycles. The van der Waals surface area contributed by atoms with Crippen LogP contribution in [0, 0.1) is 0 Å². The molecule has 0 spiro atoms. The average Bonchev–Trinajstić information content (AvgIpc) is 3.45. The Bertz CT molecular complexity index is 895. The fourth-order valence-corrected chi connectivity index (χ4v) is 5.37. The van der Waals surface area contributed by atoms with Crippen LogP contribution in [-0.4, -0.2) is 58.2 Å². The molecule has 146 valence electrons. The summed E-state index contributed by atoms with van der Waals surface area (Å²) in [6, 6.07) is 7.66. The van der Waals surface area contributed by atoms with Gasteiger partial charge in [-0.2, -0.15) is 5.10 Å². The van der Waals surface area contributed by atoms with Crippen LogP contribution in [-0.2, 0) is 14.3 Å². The number of esters is 1. The van der Waals surface area contributed by atoms with Crippen molar-refractivity contribution in [3.05, 3.63) is 44.8 Å². The van der Waals surface area contributed by atoms with E-state index in [1.54, 1.807) is 22.7 Å². The summed E-state index contributed by atoms with van der Waals surface area (Å²) in [7, 11) is 0. The van der Waals surface area contributed by atoms with Crippen molar-refractivity contribution in [1.29, 1.82) is 0 Å². The maximum atomic E-state index is 12.7. The van der Waals surface area contributed by atoms with Crippen LogP contribution in [0.15, 0.2) is 40.1 Å². The Morgan fingerprint density at radius 2 is 2.04 bits per heavy atom. The van der Waals surface area contributed by atoms with Gasteiger partial charge in [0.25, 0.3) is 11.1 Å². The van der Waals surface area contributed by atoms with E-state index in [-0.39, 0.29) is 23.7 Å². The summed E-state index contributed by atoms with van der Waals surface area (Å²) < 4.78 is 5.12. The zero-order chi connectivity index (χ0) is 19.5. The van der Waals surface area contributed by atoms with E-state index in [9.17, 15) is 14.4 Å². The van der Waals surface area contributed by atoms with Crippen molar-refractivity contribution in [2.45, 2.75) is 12.5 Å². The molecule has 0 N–H and O–H groups in total. The smallest absolute Gasteiger partial charge is 0.326 e. The van der Waals surface area contributed by atoms with Gasteiger partial charge in [-0.05, 0) is 22.9 Å². The lowest BCUT2D eigenvalue weighted by Crippen LogP contribution is -2.34. The second-order valence-electron chi connectivity index (χ2n) is 6.19. The molecule has 7 nitrogen and oxygen atoms in total. The normalized spacial score (nSPS) is 19.2. The first-order chi connectivity index (χ1) is 13.6. The zero-order valence-electron chi connectivity index (χ0n) is 14.8. The van der Waals surface area contributed by atoms with Gasteiger partial charge in [-0.1, -0.05) is 23.9 Å². The maximum Gasteiger partial charge on any atom is 0.326 e. The van der Waals surface area contributed by atoms with Crippen molar-refractivity contribution in [2.75, 3.05) is 25.4 Å². The number of hydrogen-bond donors (Lipinski definition) is 0. The van der Waals surface area contributed by atoms with Crippen molar-refractivity contribution in [2.24, 2.45) is 5.10 Å². The molecule has 2 aromatic heterocycles. The molecule has 0 aliphatic carbocycles. The van der Waals surface area contributed by atoms with Gasteiger partial charge in [-0.3, -0.25) is 14.4 Å². The lowest BCUT2D eigenvalue weighted by molar-refractivity contribution is -0.153. The number of thiophene rings is 2. The lowest BCUT2D eigenvalue weighted by atomic mass is 10.1. The fourth-order valence-electron chi connectivity index (χ4n) is 3.01. The molecule has 2 amide bonds. The van der Waals surface area contributed by atoms with Gasteiger partial charge in [0.1, 0.15) is 6.54 Å². The summed E-state index contributed by atoms with van der Waals surface area (Å²) >= 11 is 4.33. The van der Waals surface area contributed by atoms with Gasteiger partial charge in [0.15, 0.2) is 6.61 Å². The summed E-state index contributed by atoms with van der Waals surface area (Å²) in [5.41, 5.74) is 0.854. The number of carbonyl (C=O) groups is 3. The Kier molecular flexibility index (Phi) is 5.79. The van der Waals surface area contributed by atoms with E-state index in [1.165, 1.54) is 21.7 Å². The number of hydrazone groups is 1. The summed E-state index contributed by atoms with van der Waals surface area (Å²) in [4.78, 5) is 39.8. The van der Waals surface area contributed by atoms with Crippen LogP contribution < -0.4 is 0 Å². The SMILES string of the molecule is O=C(CN1CCSC1=O)OCC(=O)N1N=C(c2cccs2)C[C@@H]1c1cccs1. The molecule has 0 aromatic carbocycles. The number of nitrogens with zero attached hydrogens (tertiary/aromatic N) is 3. The summed E-state index contributed by atoms with van der Waals surface area (Å²) in [5, 5.41) is 9.75. The van der Waals surface area contributed by atoms with Crippen molar-refractivity contribution in [3.8, 4) is 0 Å². The van der Waals surface area contributed by atoms with Gasteiger partial charge in [0.2, 0.25) is 0 Å². The largest absolute Gasteiger partial charge is 0.454 e. The van der Waals surface area contributed by atoms with E-state index in [2.05, 4.69) is 5.10 Å². The highest BCUT2D eigenvalue weighted by Crippen LogP contribution is 2.35. The molecule has 2 aromatic rings. The maximum absolute atomic E-state index is 12.7. The van der Waals surface area contributed by atoms with Crippen LogP contribution in [0.3, 0.4) is 0 Å². The number of thioether (sulfide) groups is 1. The first kappa shape index (κ1) is 19.2. The van der Waals surface area contributed by atoms with Crippen LogP contribution in [0.2, 0.25) is 0 Å². The zero-order valence-corrected chi connectivity index (χ0v) is 17.2. The van der Waals surface area contributed by atoms with Gasteiger partial charge in [0, 0.05) is 23.6 Å². The standard InChI is InChI=1S/C18H17N3O4S3/c22-16(11-25-17(23)10-20-5-8-28-18(20)24)21-13(15-4-2-7-27-15)9-12(19-21)14-3-1-6-26-14/h1-4,6-7,13H,5,8-11H2/t13-/m1/s1. The minimum absolute atomic E-state index is 0.128. The number of hydrogen-bond acceptors (Lipinski definition) is 8. The number of ether oxygens (including phenoxy) is 1. The van der Waals surface area contributed by atoms with Gasteiger partial charge in [-0.25, -0.2) is 5.01 Å². The summed E-state index contributed by atoms with van der Waals surface area (Å²) in [6.45, 7) is 0.00186. The molecule has 1 saturated heterocycles. The summed E-state index contributed by atoms with van der Waals surface area (Å²) in [6.07, 6.45) is 0.625. The Morgan fingerprint density at radius 3 is 2.71 bits per heavy atom.